The third-order valence-electron chi connectivity index (χ3n) is 2.93. The van der Waals surface area contributed by atoms with Crippen molar-refractivity contribution in [3.05, 3.63) is 11.4 Å². The van der Waals surface area contributed by atoms with Gasteiger partial charge < -0.3 is 15.3 Å². The molecule has 0 aliphatic heterocycles. The molecule has 0 aromatic carbocycles. The third-order valence-corrected chi connectivity index (χ3v) is 2.93. The summed E-state index contributed by atoms with van der Waals surface area (Å²) in [6.45, 7) is 11.9. The van der Waals surface area contributed by atoms with Gasteiger partial charge in [0.15, 0.2) is 0 Å². The Labute approximate surface area is 116 Å². The van der Waals surface area contributed by atoms with Gasteiger partial charge in [-0.05, 0) is 13.8 Å². The second-order valence-corrected chi connectivity index (χ2v) is 5.77. The van der Waals surface area contributed by atoms with Gasteiger partial charge in [0.05, 0.1) is 6.61 Å². The van der Waals surface area contributed by atoms with Crippen LogP contribution in [0.15, 0.2) is 0 Å². The molecule has 5 heteroatoms. The molecular weight excluding hydrogens is 240 g/mol. The minimum Gasteiger partial charge on any atom is -0.395 e. The molecule has 1 aromatic heterocycles. The lowest BCUT2D eigenvalue weighted by Crippen LogP contribution is -2.26. The highest BCUT2D eigenvalue weighted by Gasteiger charge is 2.22. The monoisotopic (exact) mass is 266 g/mol. The lowest BCUT2D eigenvalue weighted by atomic mass is 9.95. The molecule has 1 aromatic rings. The minimum atomic E-state index is -0.104. The summed E-state index contributed by atoms with van der Waals surface area (Å²) in [7, 11) is 1.94. The molecule has 0 bridgehead atoms. The van der Waals surface area contributed by atoms with Crippen molar-refractivity contribution in [1.29, 1.82) is 0 Å². The quantitative estimate of drug-likeness (QED) is 0.853. The normalized spacial score (nSPS) is 11.5. The van der Waals surface area contributed by atoms with Gasteiger partial charge in [0, 0.05) is 31.1 Å². The number of nitrogens with zero attached hydrogens (tertiary/aromatic N) is 3. The van der Waals surface area contributed by atoms with E-state index < -0.39 is 0 Å². The zero-order chi connectivity index (χ0) is 14.6. The van der Waals surface area contributed by atoms with Gasteiger partial charge in [0.2, 0.25) is 0 Å². The van der Waals surface area contributed by atoms with Crippen LogP contribution in [0.3, 0.4) is 0 Å². The highest BCUT2D eigenvalue weighted by atomic mass is 16.3. The second kappa shape index (κ2) is 6.19. The van der Waals surface area contributed by atoms with Crippen molar-refractivity contribution in [2.45, 2.75) is 40.0 Å². The average molecular weight is 266 g/mol. The van der Waals surface area contributed by atoms with Crippen LogP contribution >= 0.6 is 0 Å². The average Bonchev–Trinajstić information content (AvgIpc) is 2.30. The summed E-state index contributed by atoms with van der Waals surface area (Å²) in [6.07, 6.45) is 0. The summed E-state index contributed by atoms with van der Waals surface area (Å²) in [5, 5.41) is 12.4. The van der Waals surface area contributed by atoms with E-state index in [2.05, 4.69) is 43.0 Å². The molecule has 0 radical (unpaired) electrons. The van der Waals surface area contributed by atoms with Gasteiger partial charge >= 0.3 is 0 Å². The molecular formula is C14H26N4O. The fourth-order valence-corrected chi connectivity index (χ4v) is 1.81. The maximum Gasteiger partial charge on any atom is 0.138 e. The molecule has 0 amide bonds. The van der Waals surface area contributed by atoms with E-state index >= 15 is 0 Å². The Balaban J connectivity index is 3.31. The van der Waals surface area contributed by atoms with Gasteiger partial charge in [-0.1, -0.05) is 20.8 Å². The molecule has 0 atom stereocenters. The van der Waals surface area contributed by atoms with Crippen LogP contribution in [-0.2, 0) is 5.41 Å². The highest BCUT2D eigenvalue weighted by Crippen LogP contribution is 2.27. The Hall–Kier alpha value is -1.36. The molecule has 0 saturated carbocycles. The Bertz CT molecular complexity index is 426. The first kappa shape index (κ1) is 15.7. The van der Waals surface area contributed by atoms with Crippen LogP contribution in [0.1, 0.15) is 39.1 Å². The molecule has 1 rings (SSSR count). The van der Waals surface area contributed by atoms with Gasteiger partial charge in [-0.15, -0.1) is 0 Å². The summed E-state index contributed by atoms with van der Waals surface area (Å²) in [4.78, 5) is 11.3. The highest BCUT2D eigenvalue weighted by molar-refractivity contribution is 5.58. The summed E-state index contributed by atoms with van der Waals surface area (Å²) in [5.41, 5.74) is 0.915. The molecule has 0 unspecified atom stereocenters. The Morgan fingerprint density at radius 2 is 1.89 bits per heavy atom. The molecule has 0 aliphatic rings. The van der Waals surface area contributed by atoms with E-state index in [9.17, 15) is 0 Å². The number of anilines is 2. The molecule has 19 heavy (non-hydrogen) atoms. The van der Waals surface area contributed by atoms with Gasteiger partial charge in [0.25, 0.3) is 0 Å². The van der Waals surface area contributed by atoms with Crippen LogP contribution in [0.2, 0.25) is 0 Å². The molecule has 0 fully saturated rings. The summed E-state index contributed by atoms with van der Waals surface area (Å²) in [5.74, 6) is 2.57. The van der Waals surface area contributed by atoms with Crippen molar-refractivity contribution >= 4 is 11.6 Å². The maximum absolute atomic E-state index is 9.09. The fourth-order valence-electron chi connectivity index (χ4n) is 1.81. The number of nitrogens with one attached hydrogen (secondary N) is 1. The van der Waals surface area contributed by atoms with E-state index in [1.54, 1.807) is 0 Å². The van der Waals surface area contributed by atoms with E-state index in [1.807, 2.05) is 18.9 Å². The first-order valence-corrected chi connectivity index (χ1v) is 6.76. The van der Waals surface area contributed by atoms with Crippen LogP contribution in [0.25, 0.3) is 0 Å². The van der Waals surface area contributed by atoms with E-state index in [-0.39, 0.29) is 12.0 Å². The zero-order valence-electron chi connectivity index (χ0n) is 12.9. The first-order chi connectivity index (χ1) is 8.81. The van der Waals surface area contributed by atoms with Crippen LogP contribution in [0.4, 0.5) is 11.6 Å². The smallest absolute Gasteiger partial charge is 0.138 e. The number of aromatic nitrogens is 2. The Morgan fingerprint density at radius 3 is 2.37 bits per heavy atom. The minimum absolute atomic E-state index is 0.104. The Kier molecular flexibility index (Phi) is 5.11. The number of hydrogen-bond acceptors (Lipinski definition) is 5. The van der Waals surface area contributed by atoms with Crippen molar-refractivity contribution < 1.29 is 5.11 Å². The molecule has 0 aliphatic carbocycles. The fraction of sp³-hybridized carbons (Fsp3) is 0.714. The van der Waals surface area contributed by atoms with Crippen LogP contribution in [0.5, 0.6) is 0 Å². The van der Waals surface area contributed by atoms with Crippen LogP contribution in [-0.4, -0.2) is 41.8 Å². The molecule has 0 spiro atoms. The summed E-state index contributed by atoms with van der Waals surface area (Å²) in [6, 6.07) is 0. The lowest BCUT2D eigenvalue weighted by Gasteiger charge is -2.25. The summed E-state index contributed by atoms with van der Waals surface area (Å²) < 4.78 is 0. The molecule has 1 heterocycles. The number of rotatable bonds is 5. The predicted octanol–water partition coefficient (Wildman–Crippen LogP) is 1.94. The third kappa shape index (κ3) is 3.80. The number of likely N-dealkylation sites (N-methyl/N-ethyl adjacent to an activating group) is 1. The topological polar surface area (TPSA) is 61.3 Å². The SMILES string of the molecule is CCNc1nc(C(C)(C)C)nc(N(C)CCO)c1C. The zero-order valence-corrected chi connectivity index (χ0v) is 12.9. The maximum atomic E-state index is 9.09. The van der Waals surface area contributed by atoms with E-state index in [0.717, 1.165) is 29.6 Å². The Morgan fingerprint density at radius 1 is 1.26 bits per heavy atom. The number of aliphatic hydroxyl groups is 1. The number of aliphatic hydroxyl groups excluding tert-OH is 1. The second-order valence-electron chi connectivity index (χ2n) is 5.77. The molecule has 108 valence electrons. The summed E-state index contributed by atoms with van der Waals surface area (Å²) >= 11 is 0. The molecule has 2 N–H and O–H groups in total. The van der Waals surface area contributed by atoms with Gasteiger partial charge in [0.1, 0.15) is 17.5 Å². The predicted molar refractivity (Wildman–Crippen MR) is 80.0 cm³/mol. The largest absolute Gasteiger partial charge is 0.395 e. The van der Waals surface area contributed by atoms with Gasteiger partial charge in [-0.3, -0.25) is 0 Å². The van der Waals surface area contributed by atoms with Crippen molar-refractivity contribution in [2.75, 3.05) is 37.0 Å². The lowest BCUT2D eigenvalue weighted by molar-refractivity contribution is 0.303. The van der Waals surface area contributed by atoms with Crippen molar-refractivity contribution in [3.8, 4) is 0 Å². The van der Waals surface area contributed by atoms with Gasteiger partial charge in [-0.2, -0.15) is 0 Å². The van der Waals surface area contributed by atoms with E-state index in [4.69, 9.17) is 5.11 Å². The van der Waals surface area contributed by atoms with Crippen molar-refractivity contribution in [3.63, 3.8) is 0 Å². The van der Waals surface area contributed by atoms with Crippen LogP contribution < -0.4 is 10.2 Å². The van der Waals surface area contributed by atoms with E-state index in [0.29, 0.717) is 6.54 Å². The standard InChI is InChI=1S/C14H26N4O/c1-7-15-11-10(2)12(18(6)8-9-19)17-13(16-11)14(3,4)5/h19H,7-9H2,1-6H3,(H,15,16,17). The first-order valence-electron chi connectivity index (χ1n) is 6.76. The van der Waals surface area contributed by atoms with Crippen LogP contribution in [0, 0.1) is 6.92 Å². The van der Waals surface area contributed by atoms with Gasteiger partial charge in [-0.25, -0.2) is 9.97 Å². The number of hydrogen-bond donors (Lipinski definition) is 2. The van der Waals surface area contributed by atoms with Crippen molar-refractivity contribution in [1.82, 2.24) is 9.97 Å². The van der Waals surface area contributed by atoms with Crippen molar-refractivity contribution in [2.24, 2.45) is 0 Å². The molecule has 0 saturated heterocycles. The van der Waals surface area contributed by atoms with E-state index in [1.165, 1.54) is 0 Å². The molecule has 5 nitrogen and oxygen atoms in total.